The number of aromatic carboxylic acids is 1. The number of rotatable bonds is 8. The molecule has 36 heavy (non-hydrogen) atoms. The van der Waals surface area contributed by atoms with Crippen molar-refractivity contribution in [2.45, 2.75) is 6.92 Å². The predicted octanol–water partition coefficient (Wildman–Crippen LogP) is 5.03. The Hall–Kier alpha value is -4.79. The topological polar surface area (TPSA) is 120 Å². The number of para-hydroxylation sites is 1. The van der Waals surface area contributed by atoms with Crippen molar-refractivity contribution in [3.05, 3.63) is 83.4 Å². The van der Waals surface area contributed by atoms with Crippen LogP contribution in [0.5, 0.6) is 17.2 Å². The lowest BCUT2D eigenvalue weighted by Crippen LogP contribution is -2.22. The molecule has 0 saturated heterocycles. The van der Waals surface area contributed by atoms with E-state index in [1.165, 1.54) is 38.5 Å². The number of carbonyl (C=O) groups excluding carboxylic acids is 1. The molecule has 9 nitrogen and oxygen atoms in total. The Morgan fingerprint density at radius 1 is 0.972 bits per heavy atom. The third-order valence-electron chi connectivity index (χ3n) is 5.28. The van der Waals surface area contributed by atoms with Gasteiger partial charge in [0.05, 0.1) is 37.8 Å². The third-order valence-corrected chi connectivity index (χ3v) is 5.28. The van der Waals surface area contributed by atoms with Crippen LogP contribution >= 0.6 is 0 Å². The van der Waals surface area contributed by atoms with E-state index in [1.54, 1.807) is 42.5 Å². The maximum Gasteiger partial charge on any atom is 0.335 e. The largest absolute Gasteiger partial charge is 0.497 e. The normalized spacial score (nSPS) is 11.2. The summed E-state index contributed by atoms with van der Waals surface area (Å²) >= 11 is 0. The van der Waals surface area contributed by atoms with E-state index in [2.05, 4.69) is 10.3 Å². The van der Waals surface area contributed by atoms with Crippen molar-refractivity contribution in [2.75, 3.05) is 26.1 Å². The molecule has 9 heteroatoms. The van der Waals surface area contributed by atoms with Gasteiger partial charge in [-0.3, -0.25) is 4.79 Å². The highest BCUT2D eigenvalue weighted by Crippen LogP contribution is 2.30. The van der Waals surface area contributed by atoms with Crippen molar-refractivity contribution in [1.29, 1.82) is 0 Å². The molecular weight excluding hydrogens is 464 g/mol. The second-order valence-corrected chi connectivity index (χ2v) is 7.56. The van der Waals surface area contributed by atoms with Gasteiger partial charge in [0.15, 0.2) is 11.3 Å². The van der Waals surface area contributed by atoms with Gasteiger partial charge in [-0.25, -0.2) is 9.79 Å². The zero-order valence-corrected chi connectivity index (χ0v) is 19.9. The molecule has 184 valence electrons. The van der Waals surface area contributed by atoms with Crippen molar-refractivity contribution in [2.24, 2.45) is 4.99 Å². The van der Waals surface area contributed by atoms with Crippen LogP contribution in [-0.2, 0) is 0 Å². The lowest BCUT2D eigenvalue weighted by atomic mass is 10.1. The van der Waals surface area contributed by atoms with Gasteiger partial charge in [0, 0.05) is 11.5 Å². The second kappa shape index (κ2) is 10.6. The van der Waals surface area contributed by atoms with Crippen molar-refractivity contribution in [1.82, 2.24) is 0 Å². The number of carboxylic acids is 1. The molecule has 0 spiro atoms. The smallest absolute Gasteiger partial charge is 0.335 e. The first-order chi connectivity index (χ1) is 17.4. The van der Waals surface area contributed by atoms with Crippen LogP contribution in [0.25, 0.3) is 11.0 Å². The first-order valence-corrected chi connectivity index (χ1v) is 11.0. The number of hydrogen-bond donors (Lipinski definition) is 2. The summed E-state index contributed by atoms with van der Waals surface area (Å²) in [5, 5.41) is 12.6. The van der Waals surface area contributed by atoms with Crippen LogP contribution < -0.4 is 25.1 Å². The number of anilines is 1. The van der Waals surface area contributed by atoms with E-state index < -0.39 is 11.9 Å². The van der Waals surface area contributed by atoms with Gasteiger partial charge in [-0.1, -0.05) is 12.1 Å². The number of amides is 1. The maximum absolute atomic E-state index is 13.4. The average molecular weight is 488 g/mol. The number of nitrogens with one attached hydrogen (secondary N) is 1. The minimum absolute atomic E-state index is 0.0303. The third kappa shape index (κ3) is 5.15. The van der Waals surface area contributed by atoms with Crippen molar-refractivity contribution in [3.8, 4) is 17.2 Å². The molecule has 0 unspecified atom stereocenters. The minimum Gasteiger partial charge on any atom is -0.497 e. The molecule has 0 fully saturated rings. The van der Waals surface area contributed by atoms with Gasteiger partial charge < -0.3 is 29.1 Å². The van der Waals surface area contributed by atoms with Gasteiger partial charge in [-0.15, -0.1) is 0 Å². The highest BCUT2D eigenvalue weighted by Gasteiger charge is 2.17. The number of nitrogens with zero attached hydrogens (tertiary/aromatic N) is 1. The predicted molar refractivity (Wildman–Crippen MR) is 134 cm³/mol. The Balaban J connectivity index is 1.85. The molecule has 1 aromatic heterocycles. The fourth-order valence-electron chi connectivity index (χ4n) is 3.53. The average Bonchev–Trinajstić information content (AvgIpc) is 2.89. The number of carbonyl (C=O) groups is 2. The van der Waals surface area contributed by atoms with Crippen LogP contribution in [0.15, 0.2) is 76.1 Å². The summed E-state index contributed by atoms with van der Waals surface area (Å²) in [4.78, 5) is 29.1. The number of ether oxygens (including phenoxy) is 3. The molecule has 3 aromatic carbocycles. The SMILES string of the molecule is CCOc1cccc2cc(C(=O)Nc3ccc(OC)cc3OC)c(=Nc3ccc(C(=O)O)cc3)oc12. The number of hydrogen-bond acceptors (Lipinski definition) is 7. The highest BCUT2D eigenvalue weighted by atomic mass is 16.5. The van der Waals surface area contributed by atoms with Crippen LogP contribution in [0.2, 0.25) is 0 Å². The van der Waals surface area contributed by atoms with Crippen LogP contribution in [0.4, 0.5) is 11.4 Å². The fraction of sp³-hybridized carbons (Fsp3) is 0.148. The maximum atomic E-state index is 13.4. The highest BCUT2D eigenvalue weighted by molar-refractivity contribution is 6.06. The summed E-state index contributed by atoms with van der Waals surface area (Å²) < 4.78 is 22.4. The van der Waals surface area contributed by atoms with E-state index in [0.717, 1.165) is 0 Å². The van der Waals surface area contributed by atoms with Crippen molar-refractivity contribution >= 4 is 34.2 Å². The molecule has 4 rings (SSSR count). The summed E-state index contributed by atoms with van der Waals surface area (Å²) in [7, 11) is 3.03. The Kier molecular flexibility index (Phi) is 7.20. The van der Waals surface area contributed by atoms with E-state index in [-0.39, 0.29) is 16.7 Å². The molecule has 4 aromatic rings. The van der Waals surface area contributed by atoms with Gasteiger partial charge >= 0.3 is 5.97 Å². The van der Waals surface area contributed by atoms with E-state index in [4.69, 9.17) is 23.7 Å². The van der Waals surface area contributed by atoms with E-state index in [0.29, 0.717) is 46.2 Å². The van der Waals surface area contributed by atoms with E-state index >= 15 is 0 Å². The molecule has 0 aliphatic heterocycles. The summed E-state index contributed by atoms with van der Waals surface area (Å²) in [6, 6.07) is 18.0. The van der Waals surface area contributed by atoms with Crippen molar-refractivity contribution in [3.63, 3.8) is 0 Å². The summed E-state index contributed by atoms with van der Waals surface area (Å²) in [6.45, 7) is 2.29. The van der Waals surface area contributed by atoms with Crippen LogP contribution in [0, 0.1) is 0 Å². The summed E-state index contributed by atoms with van der Waals surface area (Å²) in [6.07, 6.45) is 0. The van der Waals surface area contributed by atoms with Crippen LogP contribution in [-0.4, -0.2) is 37.8 Å². The van der Waals surface area contributed by atoms with Gasteiger partial charge in [0.25, 0.3) is 5.91 Å². The first kappa shape index (κ1) is 24.3. The monoisotopic (exact) mass is 488 g/mol. The van der Waals surface area contributed by atoms with E-state index in [9.17, 15) is 9.59 Å². The molecule has 0 radical (unpaired) electrons. The van der Waals surface area contributed by atoms with Gasteiger partial charge in [-0.05, 0) is 55.5 Å². The number of fused-ring (bicyclic) bond motifs is 1. The van der Waals surface area contributed by atoms with Gasteiger partial charge in [0.2, 0.25) is 5.55 Å². The minimum atomic E-state index is -1.05. The Morgan fingerprint density at radius 3 is 2.42 bits per heavy atom. The molecule has 0 atom stereocenters. The number of carboxylic acid groups (broad SMARTS) is 1. The van der Waals surface area contributed by atoms with Crippen LogP contribution in [0.3, 0.4) is 0 Å². The summed E-state index contributed by atoms with van der Waals surface area (Å²) in [5.41, 5.74) is 1.58. The molecule has 0 bridgehead atoms. The van der Waals surface area contributed by atoms with Gasteiger partial charge in [-0.2, -0.15) is 0 Å². The zero-order chi connectivity index (χ0) is 25.7. The molecule has 1 heterocycles. The lowest BCUT2D eigenvalue weighted by molar-refractivity contribution is 0.0696. The van der Waals surface area contributed by atoms with Crippen molar-refractivity contribution < 1.29 is 33.3 Å². The Bertz CT molecular complexity index is 1490. The number of methoxy groups -OCH3 is 2. The van der Waals surface area contributed by atoms with Gasteiger partial charge in [0.1, 0.15) is 17.1 Å². The second-order valence-electron chi connectivity index (χ2n) is 7.56. The molecule has 0 saturated carbocycles. The Morgan fingerprint density at radius 2 is 1.75 bits per heavy atom. The van der Waals surface area contributed by atoms with Crippen LogP contribution in [0.1, 0.15) is 27.6 Å². The number of benzene rings is 3. The molecular formula is C27H24N2O7. The molecule has 2 N–H and O–H groups in total. The van der Waals surface area contributed by atoms with E-state index in [1.807, 2.05) is 6.92 Å². The molecule has 0 aliphatic rings. The lowest BCUT2D eigenvalue weighted by Gasteiger charge is -2.12. The first-order valence-electron chi connectivity index (χ1n) is 11.0. The zero-order valence-electron chi connectivity index (χ0n) is 19.9. The quantitative estimate of drug-likeness (QED) is 0.357. The fourth-order valence-corrected chi connectivity index (χ4v) is 3.53. The summed E-state index contributed by atoms with van der Waals surface area (Å²) in [5.74, 6) is -0.0218. The molecule has 0 aliphatic carbocycles. The Labute approximate surface area is 206 Å². The molecule has 1 amide bonds. The standard InChI is InChI=1S/C27H24N2O7/c1-4-35-22-7-5-6-17-14-20(25(30)29-21-13-12-19(33-2)15-23(21)34-3)26(36-24(17)22)28-18-10-8-16(9-11-18)27(31)32/h5-15H,4H2,1-3H3,(H,29,30)(H,31,32).